The van der Waals surface area contributed by atoms with Crippen LogP contribution < -0.4 is 5.32 Å². The second kappa shape index (κ2) is 9.40. The molecule has 1 aliphatic carbocycles. The van der Waals surface area contributed by atoms with Crippen molar-refractivity contribution in [3.63, 3.8) is 0 Å². The zero-order valence-corrected chi connectivity index (χ0v) is 15.7. The molecule has 1 heterocycles. The van der Waals surface area contributed by atoms with E-state index in [2.05, 4.69) is 22.0 Å². The first-order chi connectivity index (χ1) is 11.5. The summed E-state index contributed by atoms with van der Waals surface area (Å²) in [6.45, 7) is 5.86. The number of likely N-dealkylation sites (tertiary alicyclic amines) is 1. The summed E-state index contributed by atoms with van der Waals surface area (Å²) in [4.78, 5) is 29.1. The predicted molar refractivity (Wildman–Crippen MR) is 96.6 cm³/mol. The molecule has 2 fully saturated rings. The largest absolute Gasteiger partial charge is 0.356 e. The Morgan fingerprint density at radius 1 is 1.00 bits per heavy atom. The van der Waals surface area contributed by atoms with E-state index in [1.165, 1.54) is 0 Å². The van der Waals surface area contributed by atoms with Crippen LogP contribution in [0, 0.1) is 17.8 Å². The molecule has 1 aliphatic heterocycles. The summed E-state index contributed by atoms with van der Waals surface area (Å²) in [5, 5.41) is 3.06. The Balaban J connectivity index is 1.67. The molecule has 5 heteroatoms. The molecule has 2 aliphatic rings. The standard InChI is InChI=1S/C19H35N3O2/c1-15-9-13-22(14-10-15)19(24)17-7-5-16(6-8-17)18(23)20-11-4-12-21(2)3/h15-17H,4-14H2,1-3H3,(H,20,23). The van der Waals surface area contributed by atoms with Gasteiger partial charge in [-0.1, -0.05) is 6.92 Å². The molecule has 0 aromatic heterocycles. The quantitative estimate of drug-likeness (QED) is 0.755. The normalized spacial score (nSPS) is 25.8. The van der Waals surface area contributed by atoms with Crippen LogP contribution >= 0.6 is 0 Å². The van der Waals surface area contributed by atoms with E-state index in [-0.39, 0.29) is 17.7 Å². The summed E-state index contributed by atoms with van der Waals surface area (Å²) in [5.41, 5.74) is 0. The summed E-state index contributed by atoms with van der Waals surface area (Å²) >= 11 is 0. The molecule has 24 heavy (non-hydrogen) atoms. The molecule has 0 spiro atoms. The van der Waals surface area contributed by atoms with Gasteiger partial charge in [-0.05, 0) is 71.5 Å². The highest BCUT2D eigenvalue weighted by molar-refractivity contribution is 5.81. The molecular weight excluding hydrogens is 302 g/mol. The SMILES string of the molecule is CC1CCN(C(=O)C2CCC(C(=O)NCCCN(C)C)CC2)CC1. The molecule has 1 N–H and O–H groups in total. The molecule has 138 valence electrons. The maximum Gasteiger partial charge on any atom is 0.225 e. The van der Waals surface area contributed by atoms with Gasteiger partial charge in [0.05, 0.1) is 0 Å². The van der Waals surface area contributed by atoms with Gasteiger partial charge >= 0.3 is 0 Å². The van der Waals surface area contributed by atoms with Gasteiger partial charge in [0.1, 0.15) is 0 Å². The van der Waals surface area contributed by atoms with E-state index >= 15 is 0 Å². The topological polar surface area (TPSA) is 52.7 Å². The van der Waals surface area contributed by atoms with Crippen molar-refractivity contribution >= 4 is 11.8 Å². The summed E-state index contributed by atoms with van der Waals surface area (Å²) in [6, 6.07) is 0. The van der Waals surface area contributed by atoms with Crippen LogP contribution in [0.5, 0.6) is 0 Å². The number of carbonyl (C=O) groups excluding carboxylic acids is 2. The van der Waals surface area contributed by atoms with E-state index in [4.69, 9.17) is 0 Å². The highest BCUT2D eigenvalue weighted by atomic mass is 16.2. The predicted octanol–water partition coefficient (Wildman–Crippen LogP) is 2.12. The van der Waals surface area contributed by atoms with Crippen LogP contribution in [0.25, 0.3) is 0 Å². The number of nitrogens with one attached hydrogen (secondary N) is 1. The van der Waals surface area contributed by atoms with Crippen LogP contribution in [0.3, 0.4) is 0 Å². The fourth-order valence-corrected chi connectivity index (χ4v) is 3.84. The summed E-state index contributed by atoms with van der Waals surface area (Å²) < 4.78 is 0. The number of amides is 2. The van der Waals surface area contributed by atoms with Crippen molar-refractivity contribution in [2.75, 3.05) is 40.3 Å². The molecule has 0 unspecified atom stereocenters. The van der Waals surface area contributed by atoms with Gasteiger partial charge in [0.25, 0.3) is 0 Å². The Kier molecular flexibility index (Phi) is 7.53. The van der Waals surface area contributed by atoms with Crippen LogP contribution in [0.2, 0.25) is 0 Å². The molecule has 2 amide bonds. The highest BCUT2D eigenvalue weighted by Gasteiger charge is 2.32. The maximum atomic E-state index is 12.6. The smallest absolute Gasteiger partial charge is 0.225 e. The number of hydrogen-bond acceptors (Lipinski definition) is 3. The van der Waals surface area contributed by atoms with Crippen LogP contribution in [-0.4, -0.2) is 61.9 Å². The highest BCUT2D eigenvalue weighted by Crippen LogP contribution is 2.31. The third kappa shape index (κ3) is 5.76. The monoisotopic (exact) mass is 337 g/mol. The Morgan fingerprint density at radius 2 is 1.58 bits per heavy atom. The zero-order chi connectivity index (χ0) is 17.5. The Morgan fingerprint density at radius 3 is 2.17 bits per heavy atom. The minimum absolute atomic E-state index is 0.106. The van der Waals surface area contributed by atoms with Crippen molar-refractivity contribution in [1.29, 1.82) is 0 Å². The van der Waals surface area contributed by atoms with Gasteiger partial charge in [-0.2, -0.15) is 0 Å². The Bertz CT molecular complexity index is 409. The molecule has 0 radical (unpaired) electrons. The fourth-order valence-electron chi connectivity index (χ4n) is 3.84. The van der Waals surface area contributed by atoms with Gasteiger partial charge < -0.3 is 15.1 Å². The molecule has 2 rings (SSSR count). The molecule has 0 bridgehead atoms. The number of carbonyl (C=O) groups is 2. The van der Waals surface area contributed by atoms with Crippen LogP contribution in [0.4, 0.5) is 0 Å². The van der Waals surface area contributed by atoms with Crippen LogP contribution in [-0.2, 0) is 9.59 Å². The average molecular weight is 338 g/mol. The summed E-state index contributed by atoms with van der Waals surface area (Å²) in [6.07, 6.45) is 6.73. The molecule has 0 aromatic rings. The van der Waals surface area contributed by atoms with Crippen molar-refractivity contribution in [1.82, 2.24) is 15.1 Å². The lowest BCUT2D eigenvalue weighted by atomic mass is 9.80. The zero-order valence-electron chi connectivity index (χ0n) is 15.7. The molecule has 5 nitrogen and oxygen atoms in total. The molecule has 0 aromatic carbocycles. The average Bonchev–Trinajstić information content (AvgIpc) is 2.58. The third-order valence-electron chi connectivity index (χ3n) is 5.62. The van der Waals surface area contributed by atoms with E-state index in [0.29, 0.717) is 5.91 Å². The minimum Gasteiger partial charge on any atom is -0.356 e. The first kappa shape index (κ1) is 19.2. The van der Waals surface area contributed by atoms with E-state index in [9.17, 15) is 9.59 Å². The second-order valence-electron chi connectivity index (χ2n) is 8.00. The number of piperidine rings is 1. The van der Waals surface area contributed by atoms with Crippen molar-refractivity contribution in [2.24, 2.45) is 17.8 Å². The Labute approximate surface area is 147 Å². The first-order valence-electron chi connectivity index (χ1n) is 9.68. The number of hydrogen-bond donors (Lipinski definition) is 1. The van der Waals surface area contributed by atoms with Crippen molar-refractivity contribution in [2.45, 2.75) is 51.9 Å². The van der Waals surface area contributed by atoms with Crippen molar-refractivity contribution < 1.29 is 9.59 Å². The van der Waals surface area contributed by atoms with E-state index in [1.807, 2.05) is 14.1 Å². The van der Waals surface area contributed by atoms with Crippen molar-refractivity contribution in [3.8, 4) is 0 Å². The maximum absolute atomic E-state index is 12.6. The van der Waals surface area contributed by atoms with Gasteiger partial charge in [-0.3, -0.25) is 9.59 Å². The lowest BCUT2D eigenvalue weighted by Gasteiger charge is -2.35. The lowest BCUT2D eigenvalue weighted by Crippen LogP contribution is -2.43. The third-order valence-corrected chi connectivity index (χ3v) is 5.62. The van der Waals surface area contributed by atoms with Gasteiger partial charge in [-0.25, -0.2) is 0 Å². The van der Waals surface area contributed by atoms with Crippen molar-refractivity contribution in [3.05, 3.63) is 0 Å². The van der Waals surface area contributed by atoms with Gasteiger partial charge in [0.15, 0.2) is 0 Å². The number of rotatable bonds is 6. The van der Waals surface area contributed by atoms with E-state index in [1.54, 1.807) is 0 Å². The summed E-state index contributed by atoms with van der Waals surface area (Å²) in [5.74, 6) is 1.53. The van der Waals surface area contributed by atoms with Gasteiger partial charge in [-0.15, -0.1) is 0 Å². The Hall–Kier alpha value is -1.10. The van der Waals surface area contributed by atoms with E-state index < -0.39 is 0 Å². The molecule has 1 saturated heterocycles. The molecular formula is C19H35N3O2. The van der Waals surface area contributed by atoms with Crippen LogP contribution in [0.1, 0.15) is 51.9 Å². The summed E-state index contributed by atoms with van der Waals surface area (Å²) in [7, 11) is 4.09. The second-order valence-corrected chi connectivity index (χ2v) is 8.00. The molecule has 1 saturated carbocycles. The minimum atomic E-state index is 0.106. The lowest BCUT2D eigenvalue weighted by molar-refractivity contribution is -0.139. The van der Waals surface area contributed by atoms with E-state index in [0.717, 1.165) is 77.0 Å². The van der Waals surface area contributed by atoms with Crippen LogP contribution in [0.15, 0.2) is 0 Å². The number of nitrogens with zero attached hydrogens (tertiary/aromatic N) is 2. The fraction of sp³-hybridized carbons (Fsp3) is 0.895. The van der Waals surface area contributed by atoms with Gasteiger partial charge in [0.2, 0.25) is 11.8 Å². The molecule has 0 atom stereocenters. The first-order valence-corrected chi connectivity index (χ1v) is 9.68. The van der Waals surface area contributed by atoms with Gasteiger partial charge in [0, 0.05) is 31.5 Å².